The average molecular weight is 294 g/mol. The number of amides is 1. The number of hydrogen-bond donors (Lipinski definition) is 3. The monoisotopic (exact) mass is 294 g/mol. The van der Waals surface area contributed by atoms with Crippen LogP contribution in [0, 0.1) is 11.3 Å². The summed E-state index contributed by atoms with van der Waals surface area (Å²) in [7, 11) is 0. The summed E-state index contributed by atoms with van der Waals surface area (Å²) in [5, 5.41) is 7.36. The minimum Gasteiger partial charge on any atom is -0.474 e. The smallest absolute Gasteiger partial charge is 0.236 e. The van der Waals surface area contributed by atoms with Gasteiger partial charge in [-0.05, 0) is 44.0 Å². The van der Waals surface area contributed by atoms with Crippen LogP contribution in [0.2, 0.25) is 0 Å². The van der Waals surface area contributed by atoms with Gasteiger partial charge >= 0.3 is 0 Å². The number of isothiocyanates is 1. The number of hydrogen-bond acceptors (Lipinski definition) is 6. The van der Waals surface area contributed by atoms with Crippen molar-refractivity contribution >= 4 is 23.3 Å². The van der Waals surface area contributed by atoms with Crippen LogP contribution < -0.4 is 16.0 Å². The zero-order valence-electron chi connectivity index (χ0n) is 11.0. The first-order valence-electron chi connectivity index (χ1n) is 6.33. The molecule has 0 spiro atoms. The lowest BCUT2D eigenvalue weighted by Gasteiger charge is -2.27. The van der Waals surface area contributed by atoms with Gasteiger partial charge in [0.05, 0.1) is 5.16 Å². The van der Waals surface area contributed by atoms with Crippen molar-refractivity contribution < 1.29 is 9.53 Å². The van der Waals surface area contributed by atoms with Gasteiger partial charge in [-0.3, -0.25) is 10.2 Å². The first-order valence-corrected chi connectivity index (χ1v) is 6.74. The summed E-state index contributed by atoms with van der Waals surface area (Å²) in [6.07, 6.45) is 5.25. The van der Waals surface area contributed by atoms with Crippen molar-refractivity contribution in [1.82, 2.24) is 10.4 Å². The van der Waals surface area contributed by atoms with E-state index in [1.165, 1.54) is 0 Å². The summed E-state index contributed by atoms with van der Waals surface area (Å²) in [6, 6.07) is 5.60. The van der Waals surface area contributed by atoms with Crippen LogP contribution in [0.4, 0.5) is 0 Å². The molecule has 6 nitrogen and oxygen atoms in total. The molecule has 1 aromatic rings. The number of rotatable bonds is 3. The molecule has 1 fully saturated rings. The third kappa shape index (κ3) is 5.44. The van der Waals surface area contributed by atoms with Crippen LogP contribution in [0.5, 0.6) is 5.88 Å². The van der Waals surface area contributed by atoms with Gasteiger partial charge in [-0.1, -0.05) is 6.07 Å². The number of ether oxygens (including phenoxy) is 1. The number of nitrogens with one attached hydrogen (secondary N) is 2. The molecule has 2 rings (SSSR count). The van der Waals surface area contributed by atoms with E-state index in [0.29, 0.717) is 5.88 Å². The maximum atomic E-state index is 11.3. The first-order chi connectivity index (χ1) is 9.71. The molecule has 0 aliphatic heterocycles. The van der Waals surface area contributed by atoms with Gasteiger partial charge in [0, 0.05) is 18.2 Å². The highest BCUT2D eigenvalue weighted by Gasteiger charge is 2.26. The predicted molar refractivity (Wildman–Crippen MR) is 78.3 cm³/mol. The molecule has 20 heavy (non-hydrogen) atoms. The molecular formula is C13H18N4O2S. The second kappa shape index (κ2) is 9.14. The van der Waals surface area contributed by atoms with E-state index in [9.17, 15) is 4.79 Å². The lowest BCUT2D eigenvalue weighted by molar-refractivity contribution is -0.126. The third-order valence-corrected chi connectivity index (χ3v) is 3.11. The van der Waals surface area contributed by atoms with Crippen LogP contribution in [0.3, 0.4) is 0 Å². The van der Waals surface area contributed by atoms with Gasteiger partial charge < -0.3 is 4.74 Å². The number of carbonyl (C=O) groups excluding carboxylic acids is 1. The molecule has 0 atom stereocenters. The standard InChI is InChI=1S/C12H17N3O2.CHNS/c13-15-12(16)9-4-6-10(7-5-9)17-11-3-1-2-8-14-11;2-1-3/h1-3,8-10H,4-7,13H2,(H,15,16);2H. The van der Waals surface area contributed by atoms with E-state index in [4.69, 9.17) is 16.0 Å². The Labute approximate surface area is 123 Å². The predicted octanol–water partition coefficient (Wildman–Crippen LogP) is 1.68. The van der Waals surface area contributed by atoms with Crippen LogP contribution in [0.1, 0.15) is 25.7 Å². The number of nitrogens with two attached hydrogens (primary N) is 1. The van der Waals surface area contributed by atoms with E-state index in [1.807, 2.05) is 18.2 Å². The Morgan fingerprint density at radius 1 is 1.45 bits per heavy atom. The molecule has 0 bridgehead atoms. The fraction of sp³-hybridized carbons (Fsp3) is 0.462. The van der Waals surface area contributed by atoms with Crippen LogP contribution in [-0.2, 0) is 4.79 Å². The molecule has 0 saturated heterocycles. The highest BCUT2D eigenvalue weighted by Crippen LogP contribution is 2.26. The Kier molecular flexibility index (Phi) is 7.42. The Balaban J connectivity index is 0.000000612. The van der Waals surface area contributed by atoms with E-state index >= 15 is 0 Å². The summed E-state index contributed by atoms with van der Waals surface area (Å²) in [5.41, 5.74) is 2.21. The van der Waals surface area contributed by atoms with Crippen molar-refractivity contribution in [1.29, 1.82) is 5.41 Å². The zero-order valence-corrected chi connectivity index (χ0v) is 11.9. The maximum absolute atomic E-state index is 11.3. The van der Waals surface area contributed by atoms with Crippen LogP contribution in [0.15, 0.2) is 24.4 Å². The molecule has 0 radical (unpaired) electrons. The Morgan fingerprint density at radius 3 is 2.60 bits per heavy atom. The fourth-order valence-corrected chi connectivity index (χ4v) is 2.15. The number of carbonyl (C=O) groups is 1. The van der Waals surface area contributed by atoms with Gasteiger partial charge in [0.15, 0.2) is 0 Å². The quantitative estimate of drug-likeness (QED) is 0.259. The molecule has 1 heterocycles. The SMILES string of the molecule is N=C=S.NNC(=O)C1CCC(Oc2ccccn2)CC1. The fourth-order valence-electron chi connectivity index (χ4n) is 2.15. The molecule has 1 saturated carbocycles. The van der Waals surface area contributed by atoms with Gasteiger partial charge in [-0.2, -0.15) is 0 Å². The normalized spacial score (nSPS) is 20.9. The molecule has 0 unspecified atom stereocenters. The van der Waals surface area contributed by atoms with Crippen molar-refractivity contribution in [2.24, 2.45) is 11.8 Å². The molecular weight excluding hydrogens is 276 g/mol. The second-order valence-electron chi connectivity index (χ2n) is 4.37. The van der Waals surface area contributed by atoms with Crippen molar-refractivity contribution in [2.45, 2.75) is 31.8 Å². The summed E-state index contributed by atoms with van der Waals surface area (Å²) in [5.74, 6) is 5.74. The summed E-state index contributed by atoms with van der Waals surface area (Å²) in [6.45, 7) is 0. The number of thiocarbonyl (C=S) groups is 1. The highest BCUT2D eigenvalue weighted by atomic mass is 32.1. The van der Waals surface area contributed by atoms with Crippen molar-refractivity contribution in [2.75, 3.05) is 0 Å². The molecule has 1 aliphatic rings. The van der Waals surface area contributed by atoms with Gasteiger partial charge in [-0.15, -0.1) is 0 Å². The molecule has 1 aromatic heterocycles. The Bertz CT molecular complexity index is 441. The molecule has 0 aromatic carbocycles. The molecule has 4 N–H and O–H groups in total. The average Bonchev–Trinajstić information content (AvgIpc) is 2.49. The van der Waals surface area contributed by atoms with E-state index in [-0.39, 0.29) is 17.9 Å². The molecule has 7 heteroatoms. The van der Waals surface area contributed by atoms with E-state index < -0.39 is 0 Å². The Hall–Kier alpha value is -1.82. The van der Waals surface area contributed by atoms with E-state index in [0.717, 1.165) is 25.7 Å². The van der Waals surface area contributed by atoms with Crippen LogP contribution >= 0.6 is 12.2 Å². The van der Waals surface area contributed by atoms with Crippen LogP contribution in [-0.4, -0.2) is 22.2 Å². The minimum atomic E-state index is -0.0683. The second-order valence-corrected chi connectivity index (χ2v) is 4.57. The summed E-state index contributed by atoms with van der Waals surface area (Å²) >= 11 is 3.81. The van der Waals surface area contributed by atoms with Gasteiger partial charge in [0.1, 0.15) is 6.10 Å². The number of nitrogens with zero attached hydrogens (tertiary/aromatic N) is 1. The van der Waals surface area contributed by atoms with Crippen LogP contribution in [0.25, 0.3) is 0 Å². The lowest BCUT2D eigenvalue weighted by Crippen LogP contribution is -2.38. The number of pyridine rings is 1. The number of aromatic nitrogens is 1. The molecule has 1 amide bonds. The zero-order chi connectivity index (χ0) is 14.8. The highest BCUT2D eigenvalue weighted by molar-refractivity contribution is 7.78. The Morgan fingerprint density at radius 2 is 2.10 bits per heavy atom. The van der Waals surface area contributed by atoms with E-state index in [1.54, 1.807) is 11.4 Å². The minimum absolute atomic E-state index is 0.0311. The maximum Gasteiger partial charge on any atom is 0.236 e. The van der Waals surface area contributed by atoms with Gasteiger partial charge in [0.2, 0.25) is 11.8 Å². The molecule has 1 aliphatic carbocycles. The van der Waals surface area contributed by atoms with Gasteiger partial charge in [0.25, 0.3) is 0 Å². The summed E-state index contributed by atoms with van der Waals surface area (Å²) < 4.78 is 5.74. The lowest BCUT2D eigenvalue weighted by atomic mass is 9.87. The third-order valence-electron chi connectivity index (χ3n) is 3.11. The number of hydrazine groups is 1. The van der Waals surface area contributed by atoms with Crippen molar-refractivity contribution in [3.63, 3.8) is 0 Å². The summed E-state index contributed by atoms with van der Waals surface area (Å²) in [4.78, 5) is 15.5. The largest absolute Gasteiger partial charge is 0.474 e. The van der Waals surface area contributed by atoms with Crippen molar-refractivity contribution in [3.8, 4) is 5.88 Å². The topological polar surface area (TPSA) is 101 Å². The first kappa shape index (κ1) is 16.2. The molecule has 108 valence electrons. The van der Waals surface area contributed by atoms with Gasteiger partial charge in [-0.25, -0.2) is 16.2 Å². The van der Waals surface area contributed by atoms with E-state index in [2.05, 4.69) is 22.6 Å². The van der Waals surface area contributed by atoms with Crippen molar-refractivity contribution in [3.05, 3.63) is 24.4 Å².